The first-order valence-electron chi connectivity index (χ1n) is 6.19. The van der Waals surface area contributed by atoms with E-state index in [2.05, 4.69) is 15.0 Å². The van der Waals surface area contributed by atoms with E-state index in [9.17, 15) is 23.9 Å². The molecule has 15 heteroatoms. The van der Waals surface area contributed by atoms with Gasteiger partial charge in [0.1, 0.15) is 12.7 Å². The molecule has 0 fully saturated rings. The van der Waals surface area contributed by atoms with Crippen molar-refractivity contribution in [3.8, 4) is 0 Å². The number of hydrogen-bond acceptors (Lipinski definition) is 12. The number of aliphatic hydroxyl groups excluding tert-OH is 2. The van der Waals surface area contributed by atoms with E-state index in [1.807, 2.05) is 0 Å². The zero-order valence-corrected chi connectivity index (χ0v) is 16.0. The normalized spacial score (nSPS) is 17.2. The van der Waals surface area contributed by atoms with Gasteiger partial charge in [-0.1, -0.05) is 0 Å². The van der Waals surface area contributed by atoms with Crippen molar-refractivity contribution in [2.24, 2.45) is 0 Å². The third kappa shape index (κ3) is 3.99. The Morgan fingerprint density at radius 3 is 1.29 bits per heavy atom. The van der Waals surface area contributed by atoms with Gasteiger partial charge < -0.3 is 28.3 Å². The molecule has 138 valence electrons. The highest BCUT2D eigenvalue weighted by Crippen LogP contribution is 2.47. The Labute approximate surface area is 138 Å². The first-order chi connectivity index (χ1) is 11.2. The van der Waals surface area contributed by atoms with Crippen LogP contribution in [0.3, 0.4) is 0 Å². The Bertz CT molecular complexity index is 596. The summed E-state index contributed by atoms with van der Waals surface area (Å²) in [6, 6.07) is 0. The summed E-state index contributed by atoms with van der Waals surface area (Å²) in [6.45, 7) is 0. The fraction of sp³-hybridized carbons (Fsp3) is 0.667. The van der Waals surface area contributed by atoms with Crippen LogP contribution in [-0.2, 0) is 31.8 Å². The summed E-state index contributed by atoms with van der Waals surface area (Å²) in [6.07, 6.45) is -1.96. The SMILES string of the molecule is COP(=O)(CO)c1nc(P(=O)(CO)OC)nc(P(=O)(OC)OC)n1. The molecule has 1 heterocycles. The highest BCUT2D eigenvalue weighted by Gasteiger charge is 2.39. The van der Waals surface area contributed by atoms with Gasteiger partial charge in [0.25, 0.3) is 14.7 Å². The van der Waals surface area contributed by atoms with Gasteiger partial charge in [-0.25, -0.2) is 0 Å². The smallest absolute Gasteiger partial charge is 0.386 e. The van der Waals surface area contributed by atoms with Crippen LogP contribution in [0, 0.1) is 0 Å². The number of nitrogens with zero attached hydrogens (tertiary/aromatic N) is 3. The predicted molar refractivity (Wildman–Crippen MR) is 83.8 cm³/mol. The van der Waals surface area contributed by atoms with E-state index in [1.165, 1.54) is 0 Å². The van der Waals surface area contributed by atoms with E-state index in [4.69, 9.17) is 18.1 Å². The number of hydrogen-bond donors (Lipinski definition) is 2. The standard InChI is InChI=1S/C9H18N3O9P3/c1-18-22(15,5-13)7-10-8(23(16,6-14)19-2)12-9(11-7)24(17,20-3)21-4/h13-14H,5-6H2,1-4H3. The average molecular weight is 405 g/mol. The Morgan fingerprint density at radius 1 is 0.708 bits per heavy atom. The molecule has 1 aromatic rings. The van der Waals surface area contributed by atoms with Crippen LogP contribution in [0.25, 0.3) is 0 Å². The molecule has 0 saturated carbocycles. The largest absolute Gasteiger partial charge is 0.398 e. The lowest BCUT2D eigenvalue weighted by Crippen LogP contribution is -2.37. The Balaban J connectivity index is 3.79. The van der Waals surface area contributed by atoms with Crippen molar-refractivity contribution in [2.75, 3.05) is 41.1 Å². The summed E-state index contributed by atoms with van der Waals surface area (Å²) < 4.78 is 56.4. The van der Waals surface area contributed by atoms with Crippen molar-refractivity contribution in [2.45, 2.75) is 0 Å². The topological polar surface area (TPSA) is 167 Å². The van der Waals surface area contributed by atoms with Gasteiger partial charge in [0.05, 0.1) is 0 Å². The molecule has 12 nitrogen and oxygen atoms in total. The molecule has 0 radical (unpaired) electrons. The molecule has 1 aromatic heterocycles. The summed E-state index contributed by atoms with van der Waals surface area (Å²) in [5, 5.41) is 18.6. The third-order valence-corrected chi connectivity index (χ3v) is 8.09. The zero-order chi connectivity index (χ0) is 18.6. The van der Waals surface area contributed by atoms with Crippen molar-refractivity contribution in [1.82, 2.24) is 15.0 Å². The number of rotatable bonds is 9. The van der Waals surface area contributed by atoms with Crippen molar-refractivity contribution < 1.29 is 42.0 Å². The Kier molecular flexibility index (Phi) is 7.37. The van der Waals surface area contributed by atoms with Gasteiger partial charge in [0, 0.05) is 28.4 Å². The predicted octanol–water partition coefficient (Wildman–Crippen LogP) is -1.02. The molecule has 0 aliphatic carbocycles. The molecule has 2 atom stereocenters. The van der Waals surface area contributed by atoms with Gasteiger partial charge in [-0.3, -0.25) is 13.7 Å². The maximum Gasteiger partial charge on any atom is 0.398 e. The van der Waals surface area contributed by atoms with Crippen LogP contribution >= 0.6 is 22.3 Å². The summed E-state index contributed by atoms with van der Waals surface area (Å²) in [5.74, 6) is 0. The molecule has 2 N–H and O–H groups in total. The molecule has 0 aliphatic rings. The fourth-order valence-corrected chi connectivity index (χ4v) is 4.36. The average Bonchev–Trinajstić information content (AvgIpc) is 2.65. The van der Waals surface area contributed by atoms with Gasteiger partial charge in [0.2, 0.25) is 16.7 Å². The molecular formula is C9H18N3O9P3. The van der Waals surface area contributed by atoms with E-state index in [1.54, 1.807) is 0 Å². The monoisotopic (exact) mass is 405 g/mol. The molecular weight excluding hydrogens is 387 g/mol. The maximum absolute atomic E-state index is 12.5. The van der Waals surface area contributed by atoms with Crippen LogP contribution in [0.15, 0.2) is 0 Å². The number of aromatic nitrogens is 3. The molecule has 0 aliphatic heterocycles. The van der Waals surface area contributed by atoms with Crippen LogP contribution in [0.1, 0.15) is 0 Å². The van der Waals surface area contributed by atoms with Crippen molar-refractivity contribution in [1.29, 1.82) is 0 Å². The quantitative estimate of drug-likeness (QED) is 0.481. The minimum atomic E-state index is -4.05. The molecule has 1 rings (SSSR count). The highest BCUT2D eigenvalue weighted by atomic mass is 31.2. The summed E-state index contributed by atoms with van der Waals surface area (Å²) in [7, 11) is -7.80. The molecule has 0 spiro atoms. The van der Waals surface area contributed by atoms with Gasteiger partial charge in [0.15, 0.2) is 0 Å². The lowest BCUT2D eigenvalue weighted by molar-refractivity contribution is 0.285. The van der Waals surface area contributed by atoms with Crippen molar-refractivity contribution in [3.63, 3.8) is 0 Å². The van der Waals surface area contributed by atoms with E-state index >= 15 is 0 Å². The minimum absolute atomic E-state index is 0.618. The van der Waals surface area contributed by atoms with Gasteiger partial charge in [-0.05, 0) is 0 Å². The van der Waals surface area contributed by atoms with Crippen LogP contribution < -0.4 is 16.7 Å². The van der Waals surface area contributed by atoms with Gasteiger partial charge >= 0.3 is 7.60 Å². The first kappa shape index (κ1) is 21.5. The number of aliphatic hydroxyl groups is 2. The zero-order valence-electron chi connectivity index (χ0n) is 13.3. The Hall–Kier alpha value is -0.540. The summed E-state index contributed by atoms with van der Waals surface area (Å²) >= 11 is 0. The maximum atomic E-state index is 12.5. The van der Waals surface area contributed by atoms with Crippen LogP contribution in [0.5, 0.6) is 0 Å². The highest BCUT2D eigenvalue weighted by molar-refractivity contribution is 7.67. The molecule has 0 bridgehead atoms. The van der Waals surface area contributed by atoms with Gasteiger partial charge in [-0.2, -0.15) is 15.0 Å². The second kappa shape index (κ2) is 8.23. The fourth-order valence-electron chi connectivity index (χ4n) is 1.41. The van der Waals surface area contributed by atoms with Gasteiger partial charge in [-0.15, -0.1) is 0 Å². The third-order valence-electron chi connectivity index (χ3n) is 2.90. The molecule has 2 unspecified atom stereocenters. The lowest BCUT2D eigenvalue weighted by Gasteiger charge is -2.18. The minimum Gasteiger partial charge on any atom is -0.386 e. The lowest BCUT2D eigenvalue weighted by atomic mass is 11.1. The van der Waals surface area contributed by atoms with E-state index in [-0.39, 0.29) is 0 Å². The van der Waals surface area contributed by atoms with Crippen molar-refractivity contribution >= 4 is 39.0 Å². The second-order valence-electron chi connectivity index (χ2n) is 4.09. The van der Waals surface area contributed by atoms with E-state index < -0.39 is 51.7 Å². The molecule has 0 saturated heterocycles. The van der Waals surface area contributed by atoms with Crippen LogP contribution in [-0.4, -0.2) is 66.3 Å². The summed E-state index contributed by atoms with van der Waals surface area (Å²) in [5.41, 5.74) is -1.86. The molecule has 0 amide bonds. The van der Waals surface area contributed by atoms with Crippen molar-refractivity contribution in [3.05, 3.63) is 0 Å². The summed E-state index contributed by atoms with van der Waals surface area (Å²) in [4.78, 5) is 11.1. The van der Waals surface area contributed by atoms with E-state index in [0.717, 1.165) is 28.4 Å². The molecule has 0 aromatic carbocycles. The van der Waals surface area contributed by atoms with Crippen LogP contribution in [0.4, 0.5) is 0 Å². The Morgan fingerprint density at radius 2 is 1.04 bits per heavy atom. The van der Waals surface area contributed by atoms with Crippen LogP contribution in [0.2, 0.25) is 0 Å². The first-order valence-corrected chi connectivity index (χ1v) is 11.4. The second-order valence-corrected chi connectivity index (χ2v) is 11.0. The van der Waals surface area contributed by atoms with E-state index in [0.29, 0.717) is 0 Å². The molecule has 24 heavy (non-hydrogen) atoms.